The number of aliphatic hydroxyl groups is 1. The number of aliphatic hydroxyl groups excluding tert-OH is 1. The molecule has 3 N–H and O–H groups in total. The van der Waals surface area contributed by atoms with E-state index < -0.39 is 0 Å². The van der Waals surface area contributed by atoms with Gasteiger partial charge in [-0.05, 0) is 37.2 Å². The van der Waals surface area contributed by atoms with Gasteiger partial charge in [-0.25, -0.2) is 0 Å². The fraction of sp³-hybridized carbons (Fsp3) is 0.267. The Labute approximate surface area is 120 Å². The number of hydrogen-bond acceptors (Lipinski definition) is 2. The highest BCUT2D eigenvalue weighted by Crippen LogP contribution is 1.97. The maximum Gasteiger partial charge on any atom is 0.166 e. The molecule has 19 heavy (non-hydrogen) atoms. The highest BCUT2D eigenvalue weighted by Gasteiger charge is 1.97. The predicted molar refractivity (Wildman–Crippen MR) is 84.3 cm³/mol. The summed E-state index contributed by atoms with van der Waals surface area (Å²) in [6.45, 7) is 3.00. The standard InChI is InChI=1S/C15H20N2OS/c1-2-3-9-14(18)12-17-15(19)16-11-10-13-7-5-4-6-8-13/h2-9,18H,10-12H2,1H3,(H2,16,17,19)/b3-2-,14-9-. The second kappa shape index (κ2) is 9.16. The minimum absolute atomic E-state index is 0.255. The Morgan fingerprint density at radius 1 is 1.26 bits per heavy atom. The molecule has 0 aliphatic carbocycles. The monoisotopic (exact) mass is 276 g/mol. The van der Waals surface area contributed by atoms with Crippen LogP contribution in [-0.4, -0.2) is 23.3 Å². The first-order valence-corrected chi connectivity index (χ1v) is 6.69. The summed E-state index contributed by atoms with van der Waals surface area (Å²) in [7, 11) is 0. The van der Waals surface area contributed by atoms with Crippen LogP contribution in [0.1, 0.15) is 12.5 Å². The van der Waals surface area contributed by atoms with E-state index in [1.54, 1.807) is 12.2 Å². The molecule has 0 bridgehead atoms. The Morgan fingerprint density at radius 2 is 2.00 bits per heavy atom. The molecule has 1 aromatic rings. The van der Waals surface area contributed by atoms with Crippen LogP contribution in [0.4, 0.5) is 0 Å². The van der Waals surface area contributed by atoms with Crippen molar-refractivity contribution < 1.29 is 5.11 Å². The van der Waals surface area contributed by atoms with Crippen molar-refractivity contribution in [3.63, 3.8) is 0 Å². The molecule has 4 heteroatoms. The fourth-order valence-corrected chi connectivity index (χ4v) is 1.64. The van der Waals surface area contributed by atoms with Crippen LogP contribution >= 0.6 is 12.2 Å². The summed E-state index contributed by atoms with van der Waals surface area (Å²) in [5, 5.41) is 16.1. The zero-order chi connectivity index (χ0) is 13.9. The van der Waals surface area contributed by atoms with E-state index in [4.69, 9.17) is 12.2 Å². The molecule has 0 fully saturated rings. The van der Waals surface area contributed by atoms with Crippen molar-refractivity contribution in [2.24, 2.45) is 0 Å². The van der Waals surface area contributed by atoms with Gasteiger partial charge in [0.25, 0.3) is 0 Å². The van der Waals surface area contributed by atoms with Crippen LogP contribution in [0.15, 0.2) is 54.3 Å². The Bertz CT molecular complexity index is 441. The van der Waals surface area contributed by atoms with Gasteiger partial charge >= 0.3 is 0 Å². The Hall–Kier alpha value is -1.81. The first-order chi connectivity index (χ1) is 9.22. The summed E-state index contributed by atoms with van der Waals surface area (Å²) >= 11 is 5.12. The molecule has 3 nitrogen and oxygen atoms in total. The van der Waals surface area contributed by atoms with Crippen LogP contribution in [-0.2, 0) is 6.42 Å². The second-order valence-electron chi connectivity index (χ2n) is 4.03. The topological polar surface area (TPSA) is 44.3 Å². The Kier molecular flexibility index (Phi) is 7.35. The van der Waals surface area contributed by atoms with Crippen LogP contribution in [0.25, 0.3) is 0 Å². The van der Waals surface area contributed by atoms with Crippen LogP contribution in [0.5, 0.6) is 0 Å². The van der Waals surface area contributed by atoms with Crippen LogP contribution in [0, 0.1) is 0 Å². The molecule has 1 rings (SSSR count). The van der Waals surface area contributed by atoms with E-state index in [0.29, 0.717) is 11.7 Å². The minimum atomic E-state index is 0.255. The van der Waals surface area contributed by atoms with Crippen LogP contribution < -0.4 is 10.6 Å². The van der Waals surface area contributed by atoms with E-state index in [1.165, 1.54) is 5.56 Å². The molecule has 0 aliphatic rings. The maximum absolute atomic E-state index is 9.49. The van der Waals surface area contributed by atoms with Gasteiger partial charge in [-0.2, -0.15) is 0 Å². The van der Waals surface area contributed by atoms with Crippen molar-refractivity contribution in [3.05, 3.63) is 59.9 Å². The first-order valence-electron chi connectivity index (χ1n) is 6.29. The average molecular weight is 276 g/mol. The molecule has 0 spiro atoms. The molecule has 0 heterocycles. The molecular weight excluding hydrogens is 256 g/mol. The van der Waals surface area contributed by atoms with Gasteiger partial charge in [-0.15, -0.1) is 0 Å². The van der Waals surface area contributed by atoms with Crippen molar-refractivity contribution in [1.82, 2.24) is 10.6 Å². The number of hydrogen-bond donors (Lipinski definition) is 3. The second-order valence-corrected chi connectivity index (χ2v) is 4.44. The highest BCUT2D eigenvalue weighted by molar-refractivity contribution is 7.80. The zero-order valence-electron chi connectivity index (χ0n) is 11.1. The average Bonchev–Trinajstić information content (AvgIpc) is 2.44. The molecular formula is C15H20N2OS. The van der Waals surface area contributed by atoms with Crippen LogP contribution in [0.2, 0.25) is 0 Å². The molecule has 1 aromatic carbocycles. The molecule has 102 valence electrons. The van der Waals surface area contributed by atoms with E-state index in [9.17, 15) is 5.11 Å². The minimum Gasteiger partial charge on any atom is -0.510 e. The predicted octanol–water partition coefficient (Wildman–Crippen LogP) is 2.71. The van der Waals surface area contributed by atoms with Crippen molar-refractivity contribution in [2.45, 2.75) is 13.3 Å². The number of rotatable bonds is 6. The maximum atomic E-state index is 9.49. The summed E-state index contributed by atoms with van der Waals surface area (Å²) in [4.78, 5) is 0. The number of nitrogens with one attached hydrogen (secondary N) is 2. The third-order valence-corrected chi connectivity index (χ3v) is 2.74. The van der Waals surface area contributed by atoms with Gasteiger partial charge in [-0.3, -0.25) is 0 Å². The van der Waals surface area contributed by atoms with E-state index >= 15 is 0 Å². The summed E-state index contributed by atoms with van der Waals surface area (Å²) in [5.74, 6) is 0.255. The number of benzene rings is 1. The zero-order valence-corrected chi connectivity index (χ0v) is 11.9. The van der Waals surface area contributed by atoms with Gasteiger partial charge in [0.15, 0.2) is 5.11 Å². The van der Waals surface area contributed by atoms with Gasteiger partial charge in [0.2, 0.25) is 0 Å². The number of allylic oxidation sites excluding steroid dienone is 3. The van der Waals surface area contributed by atoms with Crippen molar-refractivity contribution in [2.75, 3.05) is 13.1 Å². The Balaban J connectivity index is 2.18. The molecule has 0 amide bonds. The van der Waals surface area contributed by atoms with E-state index in [2.05, 4.69) is 22.8 Å². The van der Waals surface area contributed by atoms with Crippen molar-refractivity contribution in [3.8, 4) is 0 Å². The lowest BCUT2D eigenvalue weighted by atomic mass is 10.1. The van der Waals surface area contributed by atoms with E-state index in [-0.39, 0.29) is 5.76 Å². The lowest BCUT2D eigenvalue weighted by Gasteiger charge is -2.10. The molecule has 0 saturated carbocycles. The fourth-order valence-electron chi connectivity index (χ4n) is 1.46. The van der Waals surface area contributed by atoms with Gasteiger partial charge in [0.1, 0.15) is 5.76 Å². The van der Waals surface area contributed by atoms with E-state index in [1.807, 2.05) is 31.2 Å². The highest BCUT2D eigenvalue weighted by atomic mass is 32.1. The largest absolute Gasteiger partial charge is 0.510 e. The first kappa shape index (κ1) is 15.2. The molecule has 0 unspecified atom stereocenters. The summed E-state index contributed by atoms with van der Waals surface area (Å²) in [6.07, 6.45) is 6.19. The van der Waals surface area contributed by atoms with Crippen LogP contribution in [0.3, 0.4) is 0 Å². The quantitative estimate of drug-likeness (QED) is 0.425. The molecule has 0 aliphatic heterocycles. The third kappa shape index (κ3) is 7.26. The van der Waals surface area contributed by atoms with Gasteiger partial charge in [0.05, 0.1) is 6.54 Å². The van der Waals surface area contributed by atoms with Crippen molar-refractivity contribution >= 4 is 17.3 Å². The lowest BCUT2D eigenvalue weighted by molar-refractivity contribution is 0.398. The number of thiocarbonyl (C=S) groups is 1. The van der Waals surface area contributed by atoms with Crippen molar-refractivity contribution in [1.29, 1.82) is 0 Å². The third-order valence-electron chi connectivity index (χ3n) is 2.45. The van der Waals surface area contributed by atoms with Gasteiger partial charge in [-0.1, -0.05) is 42.5 Å². The van der Waals surface area contributed by atoms with E-state index in [0.717, 1.165) is 13.0 Å². The summed E-state index contributed by atoms with van der Waals surface area (Å²) < 4.78 is 0. The smallest absolute Gasteiger partial charge is 0.166 e. The summed E-state index contributed by atoms with van der Waals surface area (Å²) in [6, 6.07) is 10.2. The molecule has 0 atom stereocenters. The molecule has 0 saturated heterocycles. The molecule has 0 aromatic heterocycles. The normalized spacial score (nSPS) is 11.5. The lowest BCUT2D eigenvalue weighted by Crippen LogP contribution is -2.37. The Morgan fingerprint density at radius 3 is 2.68 bits per heavy atom. The summed E-state index contributed by atoms with van der Waals surface area (Å²) in [5.41, 5.74) is 1.27. The SMILES string of the molecule is C/C=C\C=C(/O)CNC(=S)NCCc1ccccc1. The van der Waals surface area contributed by atoms with Gasteiger partial charge in [0, 0.05) is 6.54 Å². The van der Waals surface area contributed by atoms with Gasteiger partial charge < -0.3 is 15.7 Å². The molecule has 0 radical (unpaired) electrons.